The molecular weight excluding hydrogens is 186 g/mol. The minimum Gasteiger partial charge on any atom is -0.361 e. The molecule has 1 aromatic carbocycles. The van der Waals surface area contributed by atoms with E-state index in [1.54, 1.807) is 0 Å². The monoisotopic (exact) mass is 203 g/mol. The maximum absolute atomic E-state index is 5.01. The van der Waals surface area contributed by atoms with Gasteiger partial charge in [-0.3, -0.25) is 0 Å². The van der Waals surface area contributed by atoms with Gasteiger partial charge in [0.1, 0.15) is 11.5 Å². The molecule has 80 valence electrons. The quantitative estimate of drug-likeness (QED) is 0.700. The summed E-state index contributed by atoms with van der Waals surface area (Å²) in [6.45, 7) is 7.96. The van der Waals surface area contributed by atoms with Gasteiger partial charge in [0.2, 0.25) is 0 Å². The van der Waals surface area contributed by atoms with Crippen molar-refractivity contribution >= 4 is 0 Å². The first-order valence-electron chi connectivity index (χ1n) is 5.26. The number of hydrogen-bond donors (Lipinski definition) is 0. The third kappa shape index (κ3) is 2.94. The smallest absolute Gasteiger partial charge is 0.134 e. The largest absolute Gasteiger partial charge is 0.361 e. The molecule has 0 saturated carbocycles. The molecule has 2 heteroatoms. The fourth-order valence-electron chi connectivity index (χ4n) is 1.31. The van der Waals surface area contributed by atoms with Crippen molar-refractivity contribution in [2.75, 3.05) is 0 Å². The third-order valence-corrected chi connectivity index (χ3v) is 1.94. The molecule has 0 spiro atoms. The molecule has 0 bridgehead atoms. The van der Waals surface area contributed by atoms with Gasteiger partial charge in [0.05, 0.1) is 0 Å². The molecular formula is C13H17NO. The Hall–Kier alpha value is -1.57. The summed E-state index contributed by atoms with van der Waals surface area (Å²) >= 11 is 0. The fourth-order valence-corrected chi connectivity index (χ4v) is 1.31. The molecule has 0 unspecified atom stereocenters. The molecule has 1 heterocycles. The van der Waals surface area contributed by atoms with Crippen LogP contribution in [0.2, 0.25) is 0 Å². The first-order chi connectivity index (χ1) is 7.25. The van der Waals surface area contributed by atoms with Crippen molar-refractivity contribution in [3.63, 3.8) is 0 Å². The first-order valence-corrected chi connectivity index (χ1v) is 5.26. The highest BCUT2D eigenvalue weighted by molar-refractivity contribution is 5.59. The van der Waals surface area contributed by atoms with Crippen LogP contribution >= 0.6 is 0 Å². The third-order valence-electron chi connectivity index (χ3n) is 1.94. The van der Waals surface area contributed by atoms with Gasteiger partial charge in [-0.2, -0.15) is 0 Å². The second kappa shape index (κ2) is 5.35. The Bertz CT molecular complexity index is 418. The summed E-state index contributed by atoms with van der Waals surface area (Å²) in [5, 5.41) is 3.95. The number of aryl methyl sites for hydroxylation is 2. The standard InChI is InChI=1S/C11H11NO.C2H6/c1-8-4-3-5-10(6-8)11-7-9(2)13-12-11;1-2/h3-7H,1-2H3;1-2H3. The minimum absolute atomic E-state index is 0.844. The highest BCUT2D eigenvalue weighted by Crippen LogP contribution is 2.19. The van der Waals surface area contributed by atoms with Gasteiger partial charge in [-0.05, 0) is 19.9 Å². The average molecular weight is 203 g/mol. The summed E-state index contributed by atoms with van der Waals surface area (Å²) in [7, 11) is 0. The van der Waals surface area contributed by atoms with Gasteiger partial charge >= 0.3 is 0 Å². The zero-order valence-corrected chi connectivity index (χ0v) is 9.74. The predicted octanol–water partition coefficient (Wildman–Crippen LogP) is 3.98. The summed E-state index contributed by atoms with van der Waals surface area (Å²) in [6, 6.07) is 10.2. The normalized spacial score (nSPS) is 9.33. The highest BCUT2D eigenvalue weighted by atomic mass is 16.5. The molecule has 0 saturated heterocycles. The van der Waals surface area contributed by atoms with E-state index in [2.05, 4.69) is 24.2 Å². The molecule has 0 aliphatic heterocycles. The molecule has 1 aromatic heterocycles. The van der Waals surface area contributed by atoms with Crippen LogP contribution in [-0.4, -0.2) is 5.16 Å². The molecule has 0 aliphatic rings. The molecule has 0 aliphatic carbocycles. The Labute approximate surface area is 90.9 Å². The fraction of sp³-hybridized carbons (Fsp3) is 0.308. The van der Waals surface area contributed by atoms with E-state index >= 15 is 0 Å². The van der Waals surface area contributed by atoms with Gasteiger partial charge in [0, 0.05) is 11.6 Å². The van der Waals surface area contributed by atoms with Crippen LogP contribution in [0.25, 0.3) is 11.3 Å². The van der Waals surface area contributed by atoms with Crippen molar-refractivity contribution < 1.29 is 4.52 Å². The van der Waals surface area contributed by atoms with Crippen LogP contribution in [0.4, 0.5) is 0 Å². The van der Waals surface area contributed by atoms with Gasteiger partial charge in [-0.15, -0.1) is 0 Å². The molecule has 0 fully saturated rings. The zero-order chi connectivity index (χ0) is 11.3. The SMILES string of the molecule is CC.Cc1cccc(-c2cc(C)on2)c1. The molecule has 2 nitrogen and oxygen atoms in total. The van der Waals surface area contributed by atoms with Crippen LogP contribution in [0, 0.1) is 13.8 Å². The van der Waals surface area contributed by atoms with E-state index in [0.29, 0.717) is 0 Å². The van der Waals surface area contributed by atoms with Crippen LogP contribution in [-0.2, 0) is 0 Å². The topological polar surface area (TPSA) is 26.0 Å². The maximum atomic E-state index is 5.01. The minimum atomic E-state index is 0.844. The molecule has 0 N–H and O–H groups in total. The number of nitrogens with zero attached hydrogens (tertiary/aromatic N) is 1. The average Bonchev–Trinajstić information content (AvgIpc) is 2.68. The summed E-state index contributed by atoms with van der Waals surface area (Å²) in [6.07, 6.45) is 0. The Kier molecular flexibility index (Phi) is 4.10. The van der Waals surface area contributed by atoms with E-state index in [0.717, 1.165) is 17.0 Å². The summed E-state index contributed by atoms with van der Waals surface area (Å²) in [5.74, 6) is 0.844. The predicted molar refractivity (Wildman–Crippen MR) is 62.8 cm³/mol. The lowest BCUT2D eigenvalue weighted by molar-refractivity contribution is 0.399. The van der Waals surface area contributed by atoms with Crippen LogP contribution < -0.4 is 0 Å². The van der Waals surface area contributed by atoms with Crippen molar-refractivity contribution in [2.45, 2.75) is 27.7 Å². The molecule has 0 atom stereocenters. The van der Waals surface area contributed by atoms with E-state index in [1.807, 2.05) is 39.0 Å². The number of benzene rings is 1. The molecule has 15 heavy (non-hydrogen) atoms. The second-order valence-corrected chi connectivity index (χ2v) is 3.19. The van der Waals surface area contributed by atoms with E-state index in [4.69, 9.17) is 4.52 Å². The number of rotatable bonds is 1. The van der Waals surface area contributed by atoms with Crippen LogP contribution in [0.15, 0.2) is 34.9 Å². The number of aromatic nitrogens is 1. The summed E-state index contributed by atoms with van der Waals surface area (Å²) in [5.41, 5.74) is 3.25. The molecule has 2 rings (SSSR count). The highest BCUT2D eigenvalue weighted by Gasteiger charge is 2.02. The van der Waals surface area contributed by atoms with E-state index in [9.17, 15) is 0 Å². The summed E-state index contributed by atoms with van der Waals surface area (Å²) < 4.78 is 5.01. The zero-order valence-electron chi connectivity index (χ0n) is 9.74. The maximum Gasteiger partial charge on any atom is 0.134 e. The van der Waals surface area contributed by atoms with Crippen LogP contribution in [0.5, 0.6) is 0 Å². The van der Waals surface area contributed by atoms with E-state index in [-0.39, 0.29) is 0 Å². The molecule has 2 aromatic rings. The van der Waals surface area contributed by atoms with Crippen molar-refractivity contribution in [3.05, 3.63) is 41.7 Å². The van der Waals surface area contributed by atoms with Gasteiger partial charge in [-0.25, -0.2) is 0 Å². The Balaban J connectivity index is 0.000000531. The Morgan fingerprint density at radius 2 is 1.80 bits per heavy atom. The van der Waals surface area contributed by atoms with Crippen molar-refractivity contribution in [1.82, 2.24) is 5.16 Å². The van der Waals surface area contributed by atoms with Gasteiger partial charge in [-0.1, -0.05) is 42.8 Å². The Morgan fingerprint density at radius 3 is 2.33 bits per heavy atom. The van der Waals surface area contributed by atoms with Crippen molar-refractivity contribution in [2.24, 2.45) is 0 Å². The van der Waals surface area contributed by atoms with Gasteiger partial charge in [0.25, 0.3) is 0 Å². The number of hydrogen-bond acceptors (Lipinski definition) is 2. The van der Waals surface area contributed by atoms with Crippen LogP contribution in [0.1, 0.15) is 25.2 Å². The lowest BCUT2D eigenvalue weighted by atomic mass is 10.1. The lowest BCUT2D eigenvalue weighted by Crippen LogP contribution is -1.77. The van der Waals surface area contributed by atoms with Crippen molar-refractivity contribution in [3.8, 4) is 11.3 Å². The molecule has 0 radical (unpaired) electrons. The lowest BCUT2D eigenvalue weighted by Gasteiger charge is -1.95. The second-order valence-electron chi connectivity index (χ2n) is 3.19. The molecule has 0 amide bonds. The first kappa shape index (κ1) is 11.5. The van der Waals surface area contributed by atoms with Gasteiger partial charge < -0.3 is 4.52 Å². The van der Waals surface area contributed by atoms with Crippen molar-refractivity contribution in [1.29, 1.82) is 0 Å². The van der Waals surface area contributed by atoms with Crippen LogP contribution in [0.3, 0.4) is 0 Å². The van der Waals surface area contributed by atoms with E-state index < -0.39 is 0 Å². The van der Waals surface area contributed by atoms with E-state index in [1.165, 1.54) is 5.56 Å². The van der Waals surface area contributed by atoms with Gasteiger partial charge in [0.15, 0.2) is 0 Å². The Morgan fingerprint density at radius 1 is 1.07 bits per heavy atom. The summed E-state index contributed by atoms with van der Waals surface area (Å²) in [4.78, 5) is 0.